The molecule has 22 heavy (non-hydrogen) atoms. The molecule has 2 N–H and O–H groups in total. The third-order valence-corrected chi connectivity index (χ3v) is 3.68. The fraction of sp³-hybridized carbons (Fsp3) is 0.462. The van der Waals surface area contributed by atoms with Crippen LogP contribution in [0.2, 0.25) is 0 Å². The largest absolute Gasteiger partial charge is 0.418 e. The number of aromatic amines is 1. The Morgan fingerprint density at radius 3 is 2.32 bits per heavy atom. The molecule has 1 aromatic heterocycles. The third kappa shape index (κ3) is 2.65. The van der Waals surface area contributed by atoms with Crippen LogP contribution in [0, 0.1) is 0 Å². The highest BCUT2D eigenvalue weighted by Gasteiger charge is 2.39. The van der Waals surface area contributed by atoms with Gasteiger partial charge in [-0.05, 0) is 25.1 Å². The number of nitrogens with one attached hydrogen (secondary N) is 2. The number of alkyl halides is 6. The smallest absolute Gasteiger partial charge is 0.342 e. The number of fused-ring (bicyclic) bond motifs is 1. The lowest BCUT2D eigenvalue weighted by Gasteiger charge is -2.11. The molecular weight excluding hydrogens is 312 g/mol. The van der Waals surface area contributed by atoms with Gasteiger partial charge in [0.2, 0.25) is 0 Å². The standard InChI is InChI=1S/C13H11F6N3/c14-12(15,16)7-3-8(13(17,18)19)10-9(4-7)21-11(22-10)6-1-2-20-5-6/h3-4,6,20H,1-2,5H2,(H,21,22)/t6-/m0/s1. The number of imidazole rings is 1. The maximum absolute atomic E-state index is 13.0. The van der Waals surface area contributed by atoms with E-state index in [-0.39, 0.29) is 23.3 Å². The number of H-pyrrole nitrogens is 1. The van der Waals surface area contributed by atoms with E-state index in [4.69, 9.17) is 0 Å². The lowest BCUT2D eigenvalue weighted by molar-refractivity contribution is -0.142. The molecule has 1 atom stereocenters. The average Bonchev–Trinajstić information content (AvgIpc) is 3.03. The molecule has 0 spiro atoms. The third-order valence-electron chi connectivity index (χ3n) is 3.68. The second-order valence-electron chi connectivity index (χ2n) is 5.23. The van der Waals surface area contributed by atoms with Gasteiger partial charge in [0.05, 0.1) is 16.6 Å². The van der Waals surface area contributed by atoms with E-state index in [1.165, 1.54) is 0 Å². The first-order valence-electron chi connectivity index (χ1n) is 6.55. The van der Waals surface area contributed by atoms with E-state index in [0.717, 1.165) is 0 Å². The zero-order valence-electron chi connectivity index (χ0n) is 11.1. The molecule has 0 aliphatic carbocycles. The molecule has 1 aliphatic rings. The summed E-state index contributed by atoms with van der Waals surface area (Å²) in [6.07, 6.45) is -9.08. The van der Waals surface area contributed by atoms with Gasteiger partial charge >= 0.3 is 12.4 Å². The molecule has 120 valence electrons. The first-order chi connectivity index (χ1) is 10.2. The van der Waals surface area contributed by atoms with Crippen LogP contribution in [0.5, 0.6) is 0 Å². The monoisotopic (exact) mass is 323 g/mol. The quantitative estimate of drug-likeness (QED) is 0.786. The molecule has 1 saturated heterocycles. The fourth-order valence-electron chi connectivity index (χ4n) is 2.60. The molecule has 2 heterocycles. The number of aromatic nitrogens is 2. The van der Waals surface area contributed by atoms with Gasteiger partial charge in [-0.1, -0.05) is 0 Å². The molecule has 3 nitrogen and oxygen atoms in total. The van der Waals surface area contributed by atoms with Crippen LogP contribution >= 0.6 is 0 Å². The van der Waals surface area contributed by atoms with Gasteiger partial charge in [-0.2, -0.15) is 26.3 Å². The summed E-state index contributed by atoms with van der Waals surface area (Å²) in [5.74, 6) is 0.160. The Bertz CT molecular complexity index is 694. The predicted octanol–water partition coefficient (Wildman–Crippen LogP) is 3.68. The van der Waals surface area contributed by atoms with Gasteiger partial charge in [0.1, 0.15) is 11.3 Å². The normalized spacial score (nSPS) is 20.0. The topological polar surface area (TPSA) is 40.7 Å². The Labute approximate surface area is 120 Å². The Kier molecular flexibility index (Phi) is 3.35. The van der Waals surface area contributed by atoms with Crippen molar-refractivity contribution in [1.29, 1.82) is 0 Å². The SMILES string of the molecule is FC(F)(F)c1cc(C(F)(F)F)c2nc([C@H]3CCNC3)[nH]c2c1. The molecular formula is C13H11F6N3. The zero-order valence-corrected chi connectivity index (χ0v) is 11.1. The van der Waals surface area contributed by atoms with Gasteiger partial charge in [0.15, 0.2) is 0 Å². The summed E-state index contributed by atoms with van der Waals surface area (Å²) in [5.41, 5.74) is -3.43. The zero-order chi connectivity index (χ0) is 16.1. The Morgan fingerprint density at radius 1 is 1.05 bits per heavy atom. The van der Waals surface area contributed by atoms with E-state index >= 15 is 0 Å². The van der Waals surface area contributed by atoms with Crippen molar-refractivity contribution in [3.05, 3.63) is 29.1 Å². The Balaban J connectivity index is 2.20. The fourth-order valence-corrected chi connectivity index (χ4v) is 2.60. The van der Waals surface area contributed by atoms with Crippen LogP contribution in [-0.4, -0.2) is 23.1 Å². The van der Waals surface area contributed by atoms with Crippen molar-refractivity contribution in [3.8, 4) is 0 Å². The van der Waals surface area contributed by atoms with Crippen molar-refractivity contribution in [3.63, 3.8) is 0 Å². The average molecular weight is 323 g/mol. The molecule has 1 fully saturated rings. The van der Waals surface area contributed by atoms with Gasteiger partial charge < -0.3 is 10.3 Å². The van der Waals surface area contributed by atoms with Crippen LogP contribution in [0.1, 0.15) is 29.3 Å². The van der Waals surface area contributed by atoms with E-state index in [1.54, 1.807) is 0 Å². The molecule has 2 aromatic rings. The van der Waals surface area contributed by atoms with Crippen LogP contribution in [0.15, 0.2) is 12.1 Å². The molecule has 9 heteroatoms. The van der Waals surface area contributed by atoms with E-state index in [0.29, 0.717) is 25.6 Å². The second kappa shape index (κ2) is 4.87. The maximum Gasteiger partial charge on any atom is 0.418 e. The Hall–Kier alpha value is -1.77. The lowest BCUT2D eigenvalue weighted by atomic mass is 10.1. The summed E-state index contributed by atoms with van der Waals surface area (Å²) < 4.78 is 77.5. The Morgan fingerprint density at radius 2 is 1.77 bits per heavy atom. The number of hydrogen-bond donors (Lipinski definition) is 2. The van der Waals surface area contributed by atoms with Crippen molar-refractivity contribution in [1.82, 2.24) is 15.3 Å². The molecule has 0 unspecified atom stereocenters. The number of rotatable bonds is 1. The van der Waals surface area contributed by atoms with E-state index in [9.17, 15) is 26.3 Å². The van der Waals surface area contributed by atoms with Crippen molar-refractivity contribution >= 4 is 11.0 Å². The van der Waals surface area contributed by atoms with E-state index in [2.05, 4.69) is 15.3 Å². The maximum atomic E-state index is 13.0. The summed E-state index contributed by atoms with van der Waals surface area (Å²) in [6.45, 7) is 1.23. The lowest BCUT2D eigenvalue weighted by Crippen LogP contribution is -2.11. The van der Waals surface area contributed by atoms with Crippen molar-refractivity contribution < 1.29 is 26.3 Å². The number of nitrogens with zero attached hydrogens (tertiary/aromatic N) is 1. The van der Waals surface area contributed by atoms with Gasteiger partial charge in [0.25, 0.3) is 0 Å². The molecule has 0 bridgehead atoms. The van der Waals surface area contributed by atoms with Gasteiger partial charge in [0, 0.05) is 12.5 Å². The van der Waals surface area contributed by atoms with Crippen molar-refractivity contribution in [2.24, 2.45) is 0 Å². The minimum absolute atomic E-state index is 0.111. The minimum Gasteiger partial charge on any atom is -0.342 e. The van der Waals surface area contributed by atoms with Crippen LogP contribution < -0.4 is 5.32 Å². The first kappa shape index (κ1) is 15.1. The summed E-state index contributed by atoms with van der Waals surface area (Å²) in [6, 6.07) is 0.781. The molecule has 0 radical (unpaired) electrons. The molecule has 0 amide bonds. The summed E-state index contributed by atoms with van der Waals surface area (Å²) in [7, 11) is 0. The highest BCUT2D eigenvalue weighted by molar-refractivity contribution is 5.80. The van der Waals surface area contributed by atoms with Gasteiger partial charge in [-0.25, -0.2) is 4.98 Å². The molecule has 0 saturated carbocycles. The number of halogens is 6. The molecule has 1 aliphatic heterocycles. The van der Waals surface area contributed by atoms with Crippen LogP contribution in [-0.2, 0) is 12.4 Å². The molecule has 3 rings (SSSR count). The minimum atomic E-state index is -4.90. The highest BCUT2D eigenvalue weighted by Crippen LogP contribution is 2.39. The number of benzene rings is 1. The molecule has 1 aromatic carbocycles. The first-order valence-corrected chi connectivity index (χ1v) is 6.55. The van der Waals surface area contributed by atoms with Gasteiger partial charge in [-0.3, -0.25) is 0 Å². The predicted molar refractivity (Wildman–Crippen MR) is 66.3 cm³/mol. The van der Waals surface area contributed by atoms with Crippen molar-refractivity contribution in [2.45, 2.75) is 24.7 Å². The van der Waals surface area contributed by atoms with Gasteiger partial charge in [-0.15, -0.1) is 0 Å². The number of hydrogen-bond acceptors (Lipinski definition) is 2. The highest BCUT2D eigenvalue weighted by atomic mass is 19.4. The summed E-state index contributed by atoms with van der Waals surface area (Å²) in [5, 5.41) is 3.03. The van der Waals surface area contributed by atoms with Crippen LogP contribution in [0.4, 0.5) is 26.3 Å². The van der Waals surface area contributed by atoms with Crippen LogP contribution in [0.25, 0.3) is 11.0 Å². The summed E-state index contributed by atoms with van der Waals surface area (Å²) >= 11 is 0. The van der Waals surface area contributed by atoms with E-state index in [1.807, 2.05) is 0 Å². The van der Waals surface area contributed by atoms with E-state index < -0.39 is 29.0 Å². The van der Waals surface area contributed by atoms with Crippen molar-refractivity contribution in [2.75, 3.05) is 13.1 Å². The second-order valence-corrected chi connectivity index (χ2v) is 5.23. The summed E-state index contributed by atoms with van der Waals surface area (Å²) in [4.78, 5) is 6.51. The van der Waals surface area contributed by atoms with Crippen LogP contribution in [0.3, 0.4) is 0 Å².